The summed E-state index contributed by atoms with van der Waals surface area (Å²) in [6, 6.07) is 4.71. The minimum atomic E-state index is 0.781. The smallest absolute Gasteiger partial charge is 0.0404 e. The molecule has 0 saturated carbocycles. The fourth-order valence-electron chi connectivity index (χ4n) is 3.70. The Morgan fingerprint density at radius 2 is 2.12 bits per heavy atom. The average Bonchev–Trinajstić information content (AvgIpc) is 2.29. The van der Waals surface area contributed by atoms with Crippen LogP contribution in [0.25, 0.3) is 0 Å². The highest BCUT2D eigenvalue weighted by atomic mass is 15.1. The van der Waals surface area contributed by atoms with Crippen LogP contribution in [0.3, 0.4) is 0 Å². The van der Waals surface area contributed by atoms with Gasteiger partial charge in [0.25, 0.3) is 0 Å². The highest BCUT2D eigenvalue weighted by molar-refractivity contribution is 5.62. The van der Waals surface area contributed by atoms with E-state index in [9.17, 15) is 0 Å². The van der Waals surface area contributed by atoms with Gasteiger partial charge in [0.2, 0.25) is 0 Å². The van der Waals surface area contributed by atoms with Crippen molar-refractivity contribution in [2.24, 2.45) is 5.92 Å². The summed E-state index contributed by atoms with van der Waals surface area (Å²) in [4.78, 5) is 2.45. The molecule has 2 heterocycles. The lowest BCUT2D eigenvalue weighted by atomic mass is 9.75. The Hall–Kier alpha value is -1.02. The molecule has 2 atom stereocenters. The second-order valence-electron chi connectivity index (χ2n) is 5.75. The molecule has 2 nitrogen and oxygen atoms in total. The van der Waals surface area contributed by atoms with Crippen molar-refractivity contribution in [1.29, 1.82) is 0 Å². The SMILES string of the molecule is Cc1cc(C)c2c(c1)N(C)CC1CNCCC21. The van der Waals surface area contributed by atoms with Gasteiger partial charge < -0.3 is 10.2 Å². The number of fused-ring (bicyclic) bond motifs is 3. The van der Waals surface area contributed by atoms with E-state index in [-0.39, 0.29) is 0 Å². The summed E-state index contributed by atoms with van der Waals surface area (Å²) >= 11 is 0. The summed E-state index contributed by atoms with van der Waals surface area (Å²) in [6.07, 6.45) is 1.30. The van der Waals surface area contributed by atoms with Crippen LogP contribution in [0.4, 0.5) is 5.69 Å². The Balaban J connectivity index is 2.11. The molecule has 0 bridgehead atoms. The quantitative estimate of drug-likeness (QED) is 0.736. The van der Waals surface area contributed by atoms with Crippen LogP contribution in [0.1, 0.15) is 29.0 Å². The summed E-state index contributed by atoms with van der Waals surface area (Å²) in [5, 5.41) is 3.54. The molecular formula is C15H22N2. The average molecular weight is 230 g/mol. The predicted octanol–water partition coefficient (Wildman–Crippen LogP) is 2.45. The van der Waals surface area contributed by atoms with Crippen molar-refractivity contribution >= 4 is 5.69 Å². The molecule has 0 amide bonds. The van der Waals surface area contributed by atoms with Gasteiger partial charge in [-0.15, -0.1) is 0 Å². The second-order valence-corrected chi connectivity index (χ2v) is 5.75. The third-order valence-electron chi connectivity index (χ3n) is 4.41. The molecule has 1 fully saturated rings. The first-order valence-electron chi connectivity index (χ1n) is 6.70. The number of hydrogen-bond donors (Lipinski definition) is 1. The van der Waals surface area contributed by atoms with E-state index in [1.807, 2.05) is 0 Å². The zero-order valence-corrected chi connectivity index (χ0v) is 11.1. The molecule has 2 unspecified atom stereocenters. The zero-order valence-electron chi connectivity index (χ0n) is 11.1. The Labute approximate surface area is 104 Å². The van der Waals surface area contributed by atoms with E-state index in [0.717, 1.165) is 11.8 Å². The topological polar surface area (TPSA) is 15.3 Å². The van der Waals surface area contributed by atoms with Crippen LogP contribution in [-0.4, -0.2) is 26.7 Å². The maximum atomic E-state index is 3.54. The summed E-state index contributed by atoms with van der Waals surface area (Å²) in [5.41, 5.74) is 5.98. The lowest BCUT2D eigenvalue weighted by Gasteiger charge is -2.43. The number of nitrogens with one attached hydrogen (secondary N) is 1. The molecule has 1 aromatic carbocycles. The van der Waals surface area contributed by atoms with Crippen LogP contribution in [0.5, 0.6) is 0 Å². The van der Waals surface area contributed by atoms with Gasteiger partial charge >= 0.3 is 0 Å². The Morgan fingerprint density at radius 3 is 2.94 bits per heavy atom. The van der Waals surface area contributed by atoms with Crippen molar-refractivity contribution in [3.05, 3.63) is 28.8 Å². The first kappa shape index (κ1) is 11.1. The van der Waals surface area contributed by atoms with Crippen molar-refractivity contribution in [2.75, 3.05) is 31.6 Å². The van der Waals surface area contributed by atoms with E-state index in [1.165, 1.54) is 42.9 Å². The van der Waals surface area contributed by atoms with E-state index in [4.69, 9.17) is 0 Å². The number of aryl methyl sites for hydroxylation is 2. The van der Waals surface area contributed by atoms with Gasteiger partial charge in [-0.1, -0.05) is 6.07 Å². The monoisotopic (exact) mass is 230 g/mol. The minimum Gasteiger partial charge on any atom is -0.374 e. The zero-order chi connectivity index (χ0) is 12.0. The van der Waals surface area contributed by atoms with Gasteiger partial charge in [-0.05, 0) is 61.4 Å². The molecule has 1 saturated heterocycles. The fourth-order valence-corrected chi connectivity index (χ4v) is 3.70. The molecule has 1 N–H and O–H groups in total. The van der Waals surface area contributed by atoms with E-state index < -0.39 is 0 Å². The molecule has 92 valence electrons. The fraction of sp³-hybridized carbons (Fsp3) is 0.600. The lowest BCUT2D eigenvalue weighted by Crippen LogP contribution is -2.45. The Kier molecular flexibility index (Phi) is 2.62. The normalized spacial score (nSPS) is 27.6. The minimum absolute atomic E-state index is 0.781. The van der Waals surface area contributed by atoms with Crippen molar-refractivity contribution in [3.8, 4) is 0 Å². The van der Waals surface area contributed by atoms with Gasteiger partial charge in [0.1, 0.15) is 0 Å². The Morgan fingerprint density at radius 1 is 1.29 bits per heavy atom. The van der Waals surface area contributed by atoms with Crippen molar-refractivity contribution < 1.29 is 0 Å². The molecule has 1 aromatic rings. The van der Waals surface area contributed by atoms with E-state index >= 15 is 0 Å². The molecule has 17 heavy (non-hydrogen) atoms. The standard InChI is InChI=1S/C15H22N2/c1-10-6-11(2)15-13-4-5-16-8-12(13)9-17(3)14(15)7-10/h6-7,12-13,16H,4-5,8-9H2,1-3H3. The summed E-state index contributed by atoms with van der Waals surface area (Å²) in [7, 11) is 2.24. The van der Waals surface area contributed by atoms with Crippen molar-refractivity contribution in [2.45, 2.75) is 26.2 Å². The number of anilines is 1. The molecule has 0 spiro atoms. The first-order chi connectivity index (χ1) is 8.16. The summed E-state index contributed by atoms with van der Waals surface area (Å²) in [5.74, 6) is 1.57. The van der Waals surface area contributed by atoms with Crippen LogP contribution in [0, 0.1) is 19.8 Å². The van der Waals surface area contributed by atoms with Gasteiger partial charge in [-0.25, -0.2) is 0 Å². The van der Waals surface area contributed by atoms with Gasteiger partial charge in [0.05, 0.1) is 0 Å². The molecule has 0 radical (unpaired) electrons. The molecule has 0 aliphatic carbocycles. The molecule has 0 aromatic heterocycles. The Bertz CT molecular complexity index is 439. The number of rotatable bonds is 0. The number of nitrogens with zero attached hydrogens (tertiary/aromatic N) is 1. The first-order valence-corrected chi connectivity index (χ1v) is 6.70. The van der Waals surface area contributed by atoms with Gasteiger partial charge in [0.15, 0.2) is 0 Å². The lowest BCUT2D eigenvalue weighted by molar-refractivity contribution is 0.317. The van der Waals surface area contributed by atoms with E-state index in [0.29, 0.717) is 0 Å². The molecule has 2 aliphatic rings. The maximum absolute atomic E-state index is 3.54. The third-order valence-corrected chi connectivity index (χ3v) is 4.41. The molecule has 3 rings (SSSR count). The maximum Gasteiger partial charge on any atom is 0.0404 e. The van der Waals surface area contributed by atoms with Gasteiger partial charge in [0, 0.05) is 25.8 Å². The van der Waals surface area contributed by atoms with Crippen molar-refractivity contribution in [3.63, 3.8) is 0 Å². The second kappa shape index (κ2) is 4.02. The highest BCUT2D eigenvalue weighted by Gasteiger charge is 2.34. The van der Waals surface area contributed by atoms with Crippen molar-refractivity contribution in [1.82, 2.24) is 5.32 Å². The van der Waals surface area contributed by atoms with Crippen LogP contribution >= 0.6 is 0 Å². The number of hydrogen-bond acceptors (Lipinski definition) is 2. The summed E-state index contributed by atoms with van der Waals surface area (Å²) in [6.45, 7) is 8.05. The highest BCUT2D eigenvalue weighted by Crippen LogP contribution is 2.43. The number of benzene rings is 1. The van der Waals surface area contributed by atoms with E-state index in [1.54, 1.807) is 5.56 Å². The summed E-state index contributed by atoms with van der Waals surface area (Å²) < 4.78 is 0. The largest absolute Gasteiger partial charge is 0.374 e. The van der Waals surface area contributed by atoms with Crippen LogP contribution in [0.2, 0.25) is 0 Å². The van der Waals surface area contributed by atoms with Gasteiger partial charge in [-0.2, -0.15) is 0 Å². The third kappa shape index (κ3) is 1.75. The van der Waals surface area contributed by atoms with Crippen LogP contribution in [-0.2, 0) is 0 Å². The van der Waals surface area contributed by atoms with Crippen LogP contribution < -0.4 is 10.2 Å². The molecular weight excluding hydrogens is 208 g/mol. The molecule has 2 heteroatoms. The number of piperidine rings is 1. The van der Waals surface area contributed by atoms with E-state index in [2.05, 4.69) is 43.2 Å². The predicted molar refractivity (Wildman–Crippen MR) is 72.9 cm³/mol. The van der Waals surface area contributed by atoms with Gasteiger partial charge in [-0.3, -0.25) is 0 Å². The van der Waals surface area contributed by atoms with Crippen LogP contribution in [0.15, 0.2) is 12.1 Å². The molecule has 2 aliphatic heterocycles.